The van der Waals surface area contributed by atoms with Crippen LogP contribution in [0.25, 0.3) is 11.3 Å². The summed E-state index contributed by atoms with van der Waals surface area (Å²) in [4.78, 5) is 3.99. The van der Waals surface area contributed by atoms with Gasteiger partial charge >= 0.3 is 0 Å². The van der Waals surface area contributed by atoms with Crippen LogP contribution in [0.1, 0.15) is 11.3 Å². The van der Waals surface area contributed by atoms with Crippen molar-refractivity contribution in [3.8, 4) is 11.3 Å². The minimum Gasteiger partial charge on any atom is -0.459 e. The lowest BCUT2D eigenvalue weighted by molar-refractivity contribution is 0.530. The quantitative estimate of drug-likeness (QED) is 0.769. The molecule has 5 nitrogen and oxygen atoms in total. The molecule has 0 atom stereocenters. The van der Waals surface area contributed by atoms with E-state index in [2.05, 4.69) is 20.5 Å². The van der Waals surface area contributed by atoms with Crippen molar-refractivity contribution in [3.05, 3.63) is 53.0 Å². The van der Waals surface area contributed by atoms with Crippen molar-refractivity contribution in [1.29, 1.82) is 0 Å². The lowest BCUT2D eigenvalue weighted by Gasteiger charge is -2.04. The van der Waals surface area contributed by atoms with Crippen molar-refractivity contribution in [2.24, 2.45) is 0 Å². The van der Waals surface area contributed by atoms with E-state index in [0.29, 0.717) is 12.5 Å². The van der Waals surface area contributed by atoms with Gasteiger partial charge in [-0.15, -0.1) is 0 Å². The summed E-state index contributed by atoms with van der Waals surface area (Å²) in [5, 5.41) is 10.3. The summed E-state index contributed by atoms with van der Waals surface area (Å²) in [6.45, 7) is 2.52. The number of halogens is 1. The molecular formula is C14H13ClN4O. The Hall–Kier alpha value is -2.27. The molecule has 0 aliphatic carbocycles. The summed E-state index contributed by atoms with van der Waals surface area (Å²) in [5.41, 5.74) is 2.02. The highest BCUT2D eigenvalue weighted by molar-refractivity contribution is 6.31. The zero-order chi connectivity index (χ0) is 13.9. The van der Waals surface area contributed by atoms with Crippen molar-refractivity contribution < 1.29 is 4.42 Å². The van der Waals surface area contributed by atoms with Gasteiger partial charge in [-0.05, 0) is 30.7 Å². The number of aromatic nitrogens is 3. The molecule has 0 aliphatic heterocycles. The average Bonchev–Trinajstić information content (AvgIpc) is 3.10. The molecule has 0 bridgehead atoms. The van der Waals surface area contributed by atoms with E-state index in [1.807, 2.05) is 37.3 Å². The van der Waals surface area contributed by atoms with E-state index in [1.54, 1.807) is 0 Å². The van der Waals surface area contributed by atoms with Crippen LogP contribution in [0.5, 0.6) is 0 Å². The lowest BCUT2D eigenvalue weighted by atomic mass is 10.1. The van der Waals surface area contributed by atoms with E-state index in [-0.39, 0.29) is 0 Å². The van der Waals surface area contributed by atoms with Gasteiger partial charge in [-0.1, -0.05) is 23.7 Å². The van der Waals surface area contributed by atoms with E-state index < -0.39 is 0 Å². The maximum Gasteiger partial charge on any atom is 0.218 e. The number of hydrogen-bond donors (Lipinski definition) is 2. The maximum absolute atomic E-state index is 6.13. The van der Waals surface area contributed by atoms with Crippen LogP contribution in [-0.4, -0.2) is 15.2 Å². The standard InChI is InChI=1S/C14H13ClN4O/c1-9-11(3-2-4-12(9)15)13-6-5-10(20-13)7-16-14-17-8-18-19-14/h2-6,8H,7H2,1H3,(H2,16,17,18,19). The number of benzene rings is 1. The SMILES string of the molecule is Cc1c(Cl)cccc1-c1ccc(CNc2ncn[nH]2)o1. The Morgan fingerprint density at radius 3 is 3.00 bits per heavy atom. The Labute approximate surface area is 121 Å². The summed E-state index contributed by atoms with van der Waals surface area (Å²) in [5.74, 6) is 2.23. The Balaban J connectivity index is 1.78. The maximum atomic E-state index is 6.13. The van der Waals surface area contributed by atoms with Crippen molar-refractivity contribution in [3.63, 3.8) is 0 Å². The number of hydrogen-bond acceptors (Lipinski definition) is 4. The van der Waals surface area contributed by atoms with Crippen molar-refractivity contribution in [2.75, 3.05) is 5.32 Å². The monoisotopic (exact) mass is 288 g/mol. The summed E-state index contributed by atoms with van der Waals surface area (Å²) in [7, 11) is 0. The van der Waals surface area contributed by atoms with Crippen LogP contribution in [0.4, 0.5) is 5.95 Å². The van der Waals surface area contributed by atoms with Gasteiger partial charge in [0.1, 0.15) is 17.8 Å². The number of H-pyrrole nitrogens is 1. The van der Waals surface area contributed by atoms with E-state index in [4.69, 9.17) is 16.0 Å². The Kier molecular flexibility index (Phi) is 3.43. The predicted molar refractivity (Wildman–Crippen MR) is 77.6 cm³/mol. The normalized spacial score (nSPS) is 10.7. The summed E-state index contributed by atoms with van der Waals surface area (Å²) < 4.78 is 5.82. The first-order valence-electron chi connectivity index (χ1n) is 6.17. The molecule has 6 heteroatoms. The zero-order valence-corrected chi connectivity index (χ0v) is 11.6. The molecule has 0 fully saturated rings. The van der Waals surface area contributed by atoms with Crippen LogP contribution in [0.15, 0.2) is 41.1 Å². The molecule has 1 aromatic carbocycles. The lowest BCUT2D eigenvalue weighted by Crippen LogP contribution is -1.99. The number of anilines is 1. The van der Waals surface area contributed by atoms with Gasteiger partial charge in [0.2, 0.25) is 5.95 Å². The minimum atomic E-state index is 0.537. The van der Waals surface area contributed by atoms with Gasteiger partial charge in [-0.3, -0.25) is 0 Å². The van der Waals surface area contributed by atoms with Crippen LogP contribution >= 0.6 is 11.6 Å². The summed E-state index contributed by atoms with van der Waals surface area (Å²) in [6.07, 6.45) is 1.45. The van der Waals surface area contributed by atoms with Crippen LogP contribution < -0.4 is 5.32 Å². The third-order valence-electron chi connectivity index (χ3n) is 3.04. The first kappa shape index (κ1) is 12.7. The van der Waals surface area contributed by atoms with E-state index in [9.17, 15) is 0 Å². The van der Waals surface area contributed by atoms with E-state index >= 15 is 0 Å². The van der Waals surface area contributed by atoms with Gasteiger partial charge in [0.25, 0.3) is 0 Å². The van der Waals surface area contributed by atoms with E-state index in [1.165, 1.54) is 6.33 Å². The second-order valence-electron chi connectivity index (χ2n) is 4.37. The Morgan fingerprint density at radius 1 is 1.30 bits per heavy atom. The van der Waals surface area contributed by atoms with Gasteiger partial charge < -0.3 is 9.73 Å². The summed E-state index contributed by atoms with van der Waals surface area (Å²) in [6, 6.07) is 9.65. The fourth-order valence-electron chi connectivity index (χ4n) is 1.95. The molecule has 0 saturated carbocycles. The molecule has 2 N–H and O–H groups in total. The minimum absolute atomic E-state index is 0.537. The molecule has 0 amide bonds. The van der Waals surface area contributed by atoms with Crippen LogP contribution in [0, 0.1) is 6.92 Å². The molecule has 0 radical (unpaired) electrons. The largest absolute Gasteiger partial charge is 0.459 e. The smallest absolute Gasteiger partial charge is 0.218 e. The fraction of sp³-hybridized carbons (Fsp3) is 0.143. The molecule has 3 rings (SSSR count). The average molecular weight is 289 g/mol. The van der Waals surface area contributed by atoms with Crippen molar-refractivity contribution >= 4 is 17.5 Å². The van der Waals surface area contributed by atoms with Gasteiger partial charge in [0.05, 0.1) is 6.54 Å². The number of nitrogens with zero attached hydrogens (tertiary/aromatic N) is 2. The van der Waals surface area contributed by atoms with Crippen LogP contribution in [0.2, 0.25) is 5.02 Å². The number of rotatable bonds is 4. The Bertz CT molecular complexity index is 706. The number of nitrogens with one attached hydrogen (secondary N) is 2. The summed E-state index contributed by atoms with van der Waals surface area (Å²) >= 11 is 6.13. The highest BCUT2D eigenvalue weighted by atomic mass is 35.5. The van der Waals surface area contributed by atoms with Crippen LogP contribution in [-0.2, 0) is 6.54 Å². The predicted octanol–water partition coefficient (Wildman–Crippen LogP) is 3.64. The zero-order valence-electron chi connectivity index (χ0n) is 10.9. The third-order valence-corrected chi connectivity index (χ3v) is 3.45. The van der Waals surface area contributed by atoms with Gasteiger partial charge in [0, 0.05) is 10.6 Å². The molecule has 20 heavy (non-hydrogen) atoms. The molecule has 0 spiro atoms. The molecule has 2 heterocycles. The number of aromatic amines is 1. The second kappa shape index (κ2) is 5.38. The van der Waals surface area contributed by atoms with Crippen molar-refractivity contribution in [1.82, 2.24) is 15.2 Å². The first-order valence-corrected chi connectivity index (χ1v) is 6.55. The van der Waals surface area contributed by atoms with Gasteiger partial charge in [-0.2, -0.15) is 5.10 Å². The highest BCUT2D eigenvalue weighted by Crippen LogP contribution is 2.29. The molecule has 0 aliphatic rings. The molecule has 3 aromatic rings. The second-order valence-corrected chi connectivity index (χ2v) is 4.77. The molecule has 2 aromatic heterocycles. The van der Waals surface area contributed by atoms with Crippen molar-refractivity contribution in [2.45, 2.75) is 13.5 Å². The Morgan fingerprint density at radius 2 is 2.20 bits per heavy atom. The van der Waals surface area contributed by atoms with Gasteiger partial charge in [-0.25, -0.2) is 10.1 Å². The van der Waals surface area contributed by atoms with Crippen LogP contribution in [0.3, 0.4) is 0 Å². The third kappa shape index (κ3) is 2.53. The molecule has 102 valence electrons. The molecular weight excluding hydrogens is 276 g/mol. The first-order chi connectivity index (χ1) is 9.74. The molecule has 0 saturated heterocycles. The highest BCUT2D eigenvalue weighted by Gasteiger charge is 2.09. The van der Waals surface area contributed by atoms with Gasteiger partial charge in [0.15, 0.2) is 0 Å². The topological polar surface area (TPSA) is 66.7 Å². The van der Waals surface area contributed by atoms with E-state index in [0.717, 1.165) is 27.7 Å². The molecule has 0 unspecified atom stereocenters. The number of furan rings is 1. The fourth-order valence-corrected chi connectivity index (χ4v) is 2.13.